The number of carbonyl (C=O) groups excluding carboxylic acids is 1. The third-order valence-corrected chi connectivity index (χ3v) is 5.73. The molecule has 114 valence electrons. The van der Waals surface area contributed by atoms with Gasteiger partial charge in [0, 0.05) is 12.1 Å². The van der Waals surface area contributed by atoms with Crippen LogP contribution in [0.15, 0.2) is 0 Å². The normalized spacial score (nSPS) is 38.0. The lowest BCUT2D eigenvalue weighted by Gasteiger charge is -2.56. The zero-order valence-electron chi connectivity index (χ0n) is 12.9. The quantitative estimate of drug-likeness (QED) is 0.712. The van der Waals surface area contributed by atoms with E-state index in [1.807, 2.05) is 0 Å². The van der Waals surface area contributed by atoms with E-state index in [2.05, 4.69) is 17.6 Å². The summed E-state index contributed by atoms with van der Waals surface area (Å²) < 4.78 is 0. The Morgan fingerprint density at radius 3 is 2.15 bits per heavy atom. The minimum absolute atomic E-state index is 0.0865. The van der Waals surface area contributed by atoms with E-state index in [-0.39, 0.29) is 11.6 Å². The van der Waals surface area contributed by atoms with Crippen LogP contribution in [0.4, 0.5) is 4.79 Å². The zero-order chi connectivity index (χ0) is 14.0. The maximum absolute atomic E-state index is 12.1. The van der Waals surface area contributed by atoms with E-state index in [0.29, 0.717) is 0 Å². The Hall–Kier alpha value is -0.730. The van der Waals surface area contributed by atoms with Crippen LogP contribution in [-0.4, -0.2) is 18.1 Å². The summed E-state index contributed by atoms with van der Waals surface area (Å²) in [5.41, 5.74) is 0.155. The van der Waals surface area contributed by atoms with E-state index in [4.69, 9.17) is 0 Å². The molecule has 0 heterocycles. The van der Waals surface area contributed by atoms with Crippen LogP contribution in [0.2, 0.25) is 0 Å². The largest absolute Gasteiger partial charge is 0.338 e. The summed E-state index contributed by atoms with van der Waals surface area (Å²) in [6, 6.07) is 0.0865. The SMILES string of the molecule is CCCCCCNC(=O)NC12CC3CC(CC(C3)C1)C2. The van der Waals surface area contributed by atoms with Gasteiger partial charge in [0.05, 0.1) is 0 Å². The second kappa shape index (κ2) is 5.95. The molecule has 0 spiro atoms. The molecule has 0 aliphatic heterocycles. The maximum atomic E-state index is 12.1. The topological polar surface area (TPSA) is 41.1 Å². The molecule has 20 heavy (non-hydrogen) atoms. The number of carbonyl (C=O) groups is 1. The molecule has 0 aromatic rings. The average molecular weight is 278 g/mol. The van der Waals surface area contributed by atoms with Gasteiger partial charge in [0.1, 0.15) is 0 Å². The average Bonchev–Trinajstić information content (AvgIpc) is 2.36. The molecule has 4 bridgehead atoms. The first-order valence-electron chi connectivity index (χ1n) is 8.75. The second-order valence-electron chi connectivity index (χ2n) is 7.64. The highest BCUT2D eigenvalue weighted by Crippen LogP contribution is 2.55. The van der Waals surface area contributed by atoms with Crippen LogP contribution in [0.1, 0.15) is 71.1 Å². The standard InChI is InChI=1S/C17H30N2O/c1-2-3-4-5-6-18-16(20)19-17-10-13-7-14(11-17)9-15(8-13)12-17/h13-15H,2-12H2,1H3,(H2,18,19,20). The van der Waals surface area contributed by atoms with Crippen molar-refractivity contribution in [3.8, 4) is 0 Å². The molecule has 2 N–H and O–H groups in total. The number of nitrogens with one attached hydrogen (secondary N) is 2. The number of amides is 2. The van der Waals surface area contributed by atoms with Gasteiger partial charge in [-0.2, -0.15) is 0 Å². The Morgan fingerprint density at radius 1 is 1.00 bits per heavy atom. The number of rotatable bonds is 6. The molecule has 4 aliphatic rings. The molecule has 0 saturated heterocycles. The summed E-state index contributed by atoms with van der Waals surface area (Å²) in [6.07, 6.45) is 12.9. The number of hydrogen-bond acceptors (Lipinski definition) is 1. The molecule has 3 heteroatoms. The van der Waals surface area contributed by atoms with Gasteiger partial charge in [0.2, 0.25) is 0 Å². The van der Waals surface area contributed by atoms with E-state index < -0.39 is 0 Å². The second-order valence-corrected chi connectivity index (χ2v) is 7.64. The monoisotopic (exact) mass is 278 g/mol. The van der Waals surface area contributed by atoms with Crippen molar-refractivity contribution < 1.29 is 4.79 Å². The third kappa shape index (κ3) is 3.12. The van der Waals surface area contributed by atoms with Crippen molar-refractivity contribution in [3.05, 3.63) is 0 Å². The fraction of sp³-hybridized carbons (Fsp3) is 0.941. The van der Waals surface area contributed by atoms with Gasteiger partial charge in [-0.25, -0.2) is 4.79 Å². The van der Waals surface area contributed by atoms with E-state index >= 15 is 0 Å². The molecular formula is C17H30N2O. The molecule has 0 aromatic heterocycles. The Balaban J connectivity index is 1.44. The fourth-order valence-electron chi connectivity index (χ4n) is 5.30. The minimum atomic E-state index is 0.0865. The number of unbranched alkanes of at least 4 members (excludes halogenated alkanes) is 3. The van der Waals surface area contributed by atoms with Gasteiger partial charge in [-0.15, -0.1) is 0 Å². The summed E-state index contributed by atoms with van der Waals surface area (Å²) in [5.74, 6) is 2.68. The molecule has 4 saturated carbocycles. The zero-order valence-corrected chi connectivity index (χ0v) is 12.9. The highest BCUT2D eigenvalue weighted by atomic mass is 16.2. The van der Waals surface area contributed by atoms with Crippen molar-refractivity contribution in [1.82, 2.24) is 10.6 Å². The smallest absolute Gasteiger partial charge is 0.315 e. The lowest BCUT2D eigenvalue weighted by Crippen LogP contribution is -2.61. The van der Waals surface area contributed by atoms with Gasteiger partial charge < -0.3 is 10.6 Å². The van der Waals surface area contributed by atoms with Crippen LogP contribution < -0.4 is 10.6 Å². The van der Waals surface area contributed by atoms with Gasteiger partial charge >= 0.3 is 6.03 Å². The third-order valence-electron chi connectivity index (χ3n) is 5.73. The maximum Gasteiger partial charge on any atom is 0.315 e. The summed E-state index contributed by atoms with van der Waals surface area (Å²) in [4.78, 5) is 12.1. The first-order chi connectivity index (χ1) is 9.69. The van der Waals surface area contributed by atoms with E-state index in [0.717, 1.165) is 30.7 Å². The molecule has 4 fully saturated rings. The number of hydrogen-bond donors (Lipinski definition) is 2. The fourth-order valence-corrected chi connectivity index (χ4v) is 5.30. The van der Waals surface area contributed by atoms with Crippen molar-refractivity contribution in [2.24, 2.45) is 17.8 Å². The summed E-state index contributed by atoms with van der Waals surface area (Å²) in [7, 11) is 0. The first-order valence-corrected chi connectivity index (χ1v) is 8.75. The Kier molecular flexibility index (Phi) is 4.23. The Bertz CT molecular complexity index is 318. The number of urea groups is 1. The van der Waals surface area contributed by atoms with Gasteiger partial charge in [-0.3, -0.25) is 0 Å². The van der Waals surface area contributed by atoms with E-state index in [9.17, 15) is 4.79 Å². The van der Waals surface area contributed by atoms with Gasteiger partial charge in [0.15, 0.2) is 0 Å². The van der Waals surface area contributed by atoms with E-state index in [1.165, 1.54) is 57.8 Å². The highest BCUT2D eigenvalue weighted by molar-refractivity contribution is 5.74. The molecule has 3 nitrogen and oxygen atoms in total. The molecule has 0 aromatic carbocycles. The molecule has 4 aliphatic carbocycles. The summed E-state index contributed by atoms with van der Waals surface area (Å²) in [6.45, 7) is 3.05. The van der Waals surface area contributed by atoms with Crippen LogP contribution >= 0.6 is 0 Å². The van der Waals surface area contributed by atoms with Crippen LogP contribution in [-0.2, 0) is 0 Å². The molecule has 4 rings (SSSR count). The molecule has 0 radical (unpaired) electrons. The highest BCUT2D eigenvalue weighted by Gasteiger charge is 2.51. The predicted molar refractivity (Wildman–Crippen MR) is 81.6 cm³/mol. The molecule has 0 unspecified atom stereocenters. The van der Waals surface area contributed by atoms with Gasteiger partial charge in [-0.05, 0) is 62.7 Å². The van der Waals surface area contributed by atoms with Crippen LogP contribution in [0.5, 0.6) is 0 Å². The van der Waals surface area contributed by atoms with Crippen molar-refractivity contribution in [2.45, 2.75) is 76.7 Å². The van der Waals surface area contributed by atoms with Crippen molar-refractivity contribution in [3.63, 3.8) is 0 Å². The van der Waals surface area contributed by atoms with Crippen LogP contribution in [0.3, 0.4) is 0 Å². The van der Waals surface area contributed by atoms with Crippen molar-refractivity contribution >= 4 is 6.03 Å². The molecular weight excluding hydrogens is 248 g/mol. The van der Waals surface area contributed by atoms with Gasteiger partial charge in [0.25, 0.3) is 0 Å². The summed E-state index contributed by atoms with van der Waals surface area (Å²) >= 11 is 0. The van der Waals surface area contributed by atoms with E-state index in [1.54, 1.807) is 0 Å². The first kappa shape index (κ1) is 14.2. The summed E-state index contributed by atoms with van der Waals surface area (Å²) in [5, 5.41) is 6.43. The Morgan fingerprint density at radius 2 is 1.60 bits per heavy atom. The minimum Gasteiger partial charge on any atom is -0.338 e. The van der Waals surface area contributed by atoms with Crippen LogP contribution in [0, 0.1) is 17.8 Å². The lowest BCUT2D eigenvalue weighted by molar-refractivity contribution is -0.0135. The molecule has 2 amide bonds. The van der Waals surface area contributed by atoms with Crippen molar-refractivity contribution in [1.29, 1.82) is 0 Å². The van der Waals surface area contributed by atoms with Crippen LogP contribution in [0.25, 0.3) is 0 Å². The Labute approximate surface area is 123 Å². The van der Waals surface area contributed by atoms with Gasteiger partial charge in [-0.1, -0.05) is 26.2 Å². The predicted octanol–water partition coefficient (Wildman–Crippen LogP) is 3.83. The molecule has 0 atom stereocenters. The van der Waals surface area contributed by atoms with Crippen molar-refractivity contribution in [2.75, 3.05) is 6.54 Å². The lowest BCUT2D eigenvalue weighted by atomic mass is 9.53.